The summed E-state index contributed by atoms with van der Waals surface area (Å²) in [5, 5.41) is 10.1. The third kappa shape index (κ3) is 3.22. The number of carbonyl (C=O) groups excluding carboxylic acids is 1. The fraction of sp³-hybridized carbons (Fsp3) is 0.300. The molecule has 3 atom stereocenters. The maximum absolute atomic E-state index is 12.7. The molecule has 124 valence electrons. The van der Waals surface area contributed by atoms with E-state index in [1.807, 2.05) is 43.3 Å². The molecule has 1 saturated carbocycles. The number of rotatable bonds is 4. The second-order valence-corrected chi connectivity index (χ2v) is 6.91. The maximum Gasteiger partial charge on any atom is 0.307 e. The van der Waals surface area contributed by atoms with Gasteiger partial charge in [0.1, 0.15) is 0 Å². The Bertz CT molecular complexity index is 749. The summed E-state index contributed by atoms with van der Waals surface area (Å²) < 4.78 is 0. The highest BCUT2D eigenvalue weighted by molar-refractivity contribution is 6.30. The van der Waals surface area contributed by atoms with Gasteiger partial charge < -0.3 is 5.11 Å². The van der Waals surface area contributed by atoms with Crippen LogP contribution in [0, 0.1) is 17.8 Å². The van der Waals surface area contributed by atoms with Crippen LogP contribution in [0.4, 0.5) is 0 Å². The van der Waals surface area contributed by atoms with Gasteiger partial charge in [-0.25, -0.2) is 0 Å². The van der Waals surface area contributed by atoms with Gasteiger partial charge in [-0.1, -0.05) is 54.9 Å². The standard InChI is InChI=1S/C20H19ClO3/c1-12-2-11-17(18(12)20(23)24)19(22)15-5-3-13(4-6-15)14-7-9-16(21)10-8-14/h3-10,12,17-18H,2,11H2,1H3,(H,23,24). The number of carbonyl (C=O) groups is 2. The lowest BCUT2D eigenvalue weighted by Crippen LogP contribution is -2.28. The van der Waals surface area contributed by atoms with Gasteiger partial charge in [0.15, 0.2) is 5.78 Å². The molecule has 0 heterocycles. The van der Waals surface area contributed by atoms with Crippen LogP contribution in [-0.2, 0) is 4.79 Å². The van der Waals surface area contributed by atoms with E-state index in [-0.39, 0.29) is 11.7 Å². The molecule has 24 heavy (non-hydrogen) atoms. The van der Waals surface area contributed by atoms with Crippen molar-refractivity contribution in [1.29, 1.82) is 0 Å². The van der Waals surface area contributed by atoms with Crippen LogP contribution in [0.3, 0.4) is 0 Å². The highest BCUT2D eigenvalue weighted by atomic mass is 35.5. The van der Waals surface area contributed by atoms with Gasteiger partial charge in [-0.15, -0.1) is 0 Å². The topological polar surface area (TPSA) is 54.4 Å². The normalized spacial score (nSPS) is 23.2. The fourth-order valence-electron chi connectivity index (χ4n) is 3.59. The minimum absolute atomic E-state index is 0.0461. The Balaban J connectivity index is 1.81. The fourth-order valence-corrected chi connectivity index (χ4v) is 3.72. The Kier molecular flexibility index (Phi) is 4.72. The number of carboxylic acid groups (broad SMARTS) is 1. The molecule has 0 aromatic heterocycles. The van der Waals surface area contributed by atoms with E-state index < -0.39 is 17.8 Å². The van der Waals surface area contributed by atoms with Gasteiger partial charge in [0.25, 0.3) is 0 Å². The van der Waals surface area contributed by atoms with Crippen LogP contribution >= 0.6 is 11.6 Å². The number of benzene rings is 2. The summed E-state index contributed by atoms with van der Waals surface area (Å²) in [7, 11) is 0. The molecule has 0 saturated heterocycles. The molecular formula is C20H19ClO3. The molecule has 0 bridgehead atoms. The molecule has 4 heteroatoms. The molecule has 3 nitrogen and oxygen atoms in total. The van der Waals surface area contributed by atoms with Crippen LogP contribution in [0.25, 0.3) is 11.1 Å². The van der Waals surface area contributed by atoms with E-state index in [0.717, 1.165) is 17.5 Å². The minimum atomic E-state index is -0.865. The summed E-state index contributed by atoms with van der Waals surface area (Å²) in [6.45, 7) is 1.91. The molecule has 1 aliphatic rings. The number of hydrogen-bond donors (Lipinski definition) is 1. The van der Waals surface area contributed by atoms with Gasteiger partial charge in [0, 0.05) is 16.5 Å². The molecular weight excluding hydrogens is 324 g/mol. The summed E-state index contributed by atoms with van der Waals surface area (Å²) >= 11 is 5.90. The average molecular weight is 343 g/mol. The molecule has 1 fully saturated rings. The van der Waals surface area contributed by atoms with E-state index >= 15 is 0 Å². The van der Waals surface area contributed by atoms with Crippen LogP contribution < -0.4 is 0 Å². The van der Waals surface area contributed by atoms with E-state index in [0.29, 0.717) is 17.0 Å². The zero-order valence-corrected chi connectivity index (χ0v) is 14.2. The van der Waals surface area contributed by atoms with Crippen molar-refractivity contribution in [3.63, 3.8) is 0 Å². The Morgan fingerprint density at radius 1 is 0.958 bits per heavy atom. The summed E-state index contributed by atoms with van der Waals surface area (Å²) in [4.78, 5) is 24.2. The van der Waals surface area contributed by atoms with Gasteiger partial charge in [0.05, 0.1) is 5.92 Å². The van der Waals surface area contributed by atoms with Crippen LogP contribution in [0.15, 0.2) is 48.5 Å². The monoisotopic (exact) mass is 342 g/mol. The average Bonchev–Trinajstić information content (AvgIpc) is 2.97. The summed E-state index contributed by atoms with van der Waals surface area (Å²) in [5.74, 6) is -1.87. The first kappa shape index (κ1) is 16.7. The second-order valence-electron chi connectivity index (χ2n) is 6.47. The Labute approximate surface area is 146 Å². The third-order valence-corrected chi connectivity index (χ3v) is 5.20. The summed E-state index contributed by atoms with van der Waals surface area (Å²) in [5.41, 5.74) is 2.60. The first-order valence-electron chi connectivity index (χ1n) is 8.10. The Hall–Kier alpha value is -2.13. The summed E-state index contributed by atoms with van der Waals surface area (Å²) in [6, 6.07) is 14.9. The van der Waals surface area contributed by atoms with Crippen molar-refractivity contribution in [3.05, 3.63) is 59.1 Å². The predicted octanol–water partition coefficient (Wildman–Crippen LogP) is 4.94. The van der Waals surface area contributed by atoms with Gasteiger partial charge in [-0.2, -0.15) is 0 Å². The molecule has 1 aliphatic carbocycles. The lowest BCUT2D eigenvalue weighted by molar-refractivity contribution is -0.143. The van der Waals surface area contributed by atoms with Crippen molar-refractivity contribution in [1.82, 2.24) is 0 Å². The van der Waals surface area contributed by atoms with Gasteiger partial charge in [-0.3, -0.25) is 9.59 Å². The largest absolute Gasteiger partial charge is 0.481 e. The van der Waals surface area contributed by atoms with Crippen LogP contribution in [-0.4, -0.2) is 16.9 Å². The smallest absolute Gasteiger partial charge is 0.307 e. The van der Waals surface area contributed by atoms with Crippen molar-refractivity contribution in [3.8, 4) is 11.1 Å². The van der Waals surface area contributed by atoms with Gasteiger partial charge >= 0.3 is 5.97 Å². The van der Waals surface area contributed by atoms with Crippen LogP contribution in [0.5, 0.6) is 0 Å². The molecule has 3 rings (SSSR count). The molecule has 2 aromatic rings. The van der Waals surface area contributed by atoms with E-state index in [1.165, 1.54) is 0 Å². The van der Waals surface area contributed by atoms with Crippen LogP contribution in [0.1, 0.15) is 30.1 Å². The third-order valence-electron chi connectivity index (χ3n) is 4.95. The molecule has 0 spiro atoms. The number of halogens is 1. The first-order chi connectivity index (χ1) is 11.5. The molecule has 1 N–H and O–H groups in total. The molecule has 3 unspecified atom stereocenters. The maximum atomic E-state index is 12.7. The van der Waals surface area contributed by atoms with Crippen molar-refractivity contribution in [2.24, 2.45) is 17.8 Å². The molecule has 0 amide bonds. The number of hydrogen-bond acceptors (Lipinski definition) is 2. The lowest BCUT2D eigenvalue weighted by atomic mass is 9.85. The summed E-state index contributed by atoms with van der Waals surface area (Å²) in [6.07, 6.45) is 1.44. The molecule has 2 aromatic carbocycles. The van der Waals surface area contributed by atoms with Crippen molar-refractivity contribution in [2.75, 3.05) is 0 Å². The number of Topliss-reactive ketones (excluding diaryl/α,β-unsaturated/α-hetero) is 1. The van der Waals surface area contributed by atoms with Crippen molar-refractivity contribution < 1.29 is 14.7 Å². The highest BCUT2D eigenvalue weighted by Crippen LogP contribution is 2.39. The molecule has 0 aliphatic heterocycles. The first-order valence-corrected chi connectivity index (χ1v) is 8.48. The zero-order chi connectivity index (χ0) is 17.3. The van der Waals surface area contributed by atoms with Crippen LogP contribution in [0.2, 0.25) is 5.02 Å². The van der Waals surface area contributed by atoms with E-state index in [2.05, 4.69) is 0 Å². The number of ketones is 1. The minimum Gasteiger partial charge on any atom is -0.481 e. The number of carboxylic acids is 1. The zero-order valence-electron chi connectivity index (χ0n) is 13.4. The van der Waals surface area contributed by atoms with E-state index in [4.69, 9.17) is 11.6 Å². The predicted molar refractivity (Wildman–Crippen MR) is 94.2 cm³/mol. The van der Waals surface area contributed by atoms with E-state index in [1.54, 1.807) is 12.1 Å². The van der Waals surface area contributed by atoms with Crippen molar-refractivity contribution in [2.45, 2.75) is 19.8 Å². The highest BCUT2D eigenvalue weighted by Gasteiger charge is 2.42. The quantitative estimate of drug-likeness (QED) is 0.801. The SMILES string of the molecule is CC1CCC(C(=O)c2ccc(-c3ccc(Cl)cc3)cc2)C1C(=O)O. The van der Waals surface area contributed by atoms with Gasteiger partial charge in [0.2, 0.25) is 0 Å². The second kappa shape index (κ2) is 6.78. The van der Waals surface area contributed by atoms with Crippen molar-refractivity contribution >= 4 is 23.4 Å². The lowest BCUT2D eigenvalue weighted by Gasteiger charge is -2.17. The molecule has 0 radical (unpaired) electrons. The number of aliphatic carboxylic acids is 1. The van der Waals surface area contributed by atoms with Gasteiger partial charge in [-0.05, 0) is 42.0 Å². The Morgan fingerprint density at radius 2 is 1.50 bits per heavy atom. The Morgan fingerprint density at radius 3 is 2.04 bits per heavy atom. The van der Waals surface area contributed by atoms with E-state index in [9.17, 15) is 14.7 Å².